The minimum atomic E-state index is 0.337. The highest BCUT2D eigenvalue weighted by Gasteiger charge is 2.24. The first-order valence-electron chi connectivity index (χ1n) is 7.86. The van der Waals surface area contributed by atoms with Crippen LogP contribution >= 0.6 is 0 Å². The van der Waals surface area contributed by atoms with Crippen LogP contribution in [0.5, 0.6) is 0 Å². The number of carbonyl (C=O) groups is 1. The van der Waals surface area contributed by atoms with Crippen molar-refractivity contribution in [1.82, 2.24) is 0 Å². The van der Waals surface area contributed by atoms with Crippen LogP contribution in [0.2, 0.25) is 0 Å². The molecule has 1 aromatic rings. The van der Waals surface area contributed by atoms with Gasteiger partial charge in [-0.25, -0.2) is 0 Å². The molecule has 3 rings (SSSR count). The van der Waals surface area contributed by atoms with Gasteiger partial charge in [0.1, 0.15) is 5.78 Å². The number of hydrogen-bond donors (Lipinski definition) is 0. The number of aryl methyl sites for hydroxylation is 2. The van der Waals surface area contributed by atoms with Crippen molar-refractivity contribution in [2.24, 2.45) is 11.8 Å². The van der Waals surface area contributed by atoms with Crippen molar-refractivity contribution in [3.8, 4) is 0 Å². The molecule has 1 nitrogen and oxygen atoms in total. The number of ketones is 1. The van der Waals surface area contributed by atoms with E-state index < -0.39 is 0 Å². The lowest BCUT2D eigenvalue weighted by Gasteiger charge is -2.25. The number of carbonyl (C=O) groups excluding carboxylic acids is 1. The van der Waals surface area contributed by atoms with Crippen molar-refractivity contribution in [2.45, 2.75) is 58.3 Å². The number of benzene rings is 1. The minimum Gasteiger partial charge on any atom is -0.299 e. The first-order chi connectivity index (χ1) is 9.22. The molecule has 0 atom stereocenters. The maximum absolute atomic E-state index is 12.4. The third kappa shape index (κ3) is 2.91. The Morgan fingerprint density at radius 2 is 1.84 bits per heavy atom. The van der Waals surface area contributed by atoms with Crippen LogP contribution in [-0.4, -0.2) is 5.78 Å². The maximum Gasteiger partial charge on any atom is 0.140 e. The molecule has 0 N–H and O–H groups in total. The Hall–Kier alpha value is -1.11. The molecule has 0 unspecified atom stereocenters. The Kier molecular flexibility index (Phi) is 3.72. The lowest BCUT2D eigenvalue weighted by atomic mass is 9.79. The summed E-state index contributed by atoms with van der Waals surface area (Å²) in [5.41, 5.74) is 4.23. The fraction of sp³-hybridized carbons (Fsp3) is 0.611. The molecule has 0 aliphatic heterocycles. The molecule has 1 fully saturated rings. The predicted octanol–water partition coefficient (Wildman–Crippen LogP) is 4.11. The van der Waals surface area contributed by atoms with Gasteiger partial charge >= 0.3 is 0 Å². The summed E-state index contributed by atoms with van der Waals surface area (Å²) in [6.07, 6.45) is 9.08. The normalized spacial score (nSPS) is 26.2. The molecule has 0 bridgehead atoms. The molecular weight excluding hydrogens is 232 g/mol. The van der Waals surface area contributed by atoms with E-state index in [1.165, 1.54) is 48.8 Å². The highest BCUT2D eigenvalue weighted by Crippen LogP contribution is 2.30. The van der Waals surface area contributed by atoms with Gasteiger partial charge in [-0.2, -0.15) is 0 Å². The predicted molar refractivity (Wildman–Crippen MR) is 78.3 cm³/mol. The van der Waals surface area contributed by atoms with Crippen LogP contribution in [0.3, 0.4) is 0 Å². The first-order valence-corrected chi connectivity index (χ1v) is 7.86. The maximum atomic E-state index is 12.4. The van der Waals surface area contributed by atoms with E-state index in [0.717, 1.165) is 18.8 Å². The first kappa shape index (κ1) is 12.9. The van der Waals surface area contributed by atoms with Gasteiger partial charge in [-0.05, 0) is 54.7 Å². The number of Topliss-reactive ketones (excluding diaryl/α,β-unsaturated/α-hetero) is 1. The van der Waals surface area contributed by atoms with Gasteiger partial charge in [0.15, 0.2) is 0 Å². The molecule has 0 radical (unpaired) electrons. The number of rotatable bonds is 3. The topological polar surface area (TPSA) is 17.1 Å². The zero-order chi connectivity index (χ0) is 13.2. The highest BCUT2D eigenvalue weighted by atomic mass is 16.1. The monoisotopic (exact) mass is 256 g/mol. The molecule has 19 heavy (non-hydrogen) atoms. The van der Waals surface area contributed by atoms with Crippen molar-refractivity contribution in [3.63, 3.8) is 0 Å². The van der Waals surface area contributed by atoms with Crippen molar-refractivity contribution < 1.29 is 4.79 Å². The van der Waals surface area contributed by atoms with Crippen LogP contribution in [0.1, 0.15) is 55.7 Å². The fourth-order valence-electron chi connectivity index (χ4n) is 3.66. The standard InChI is InChI=1S/C18H24O/c1-13-5-8-16(9-6-13)18(19)12-14-7-10-15-3-2-4-17(15)11-14/h7,10-11,13,16H,2-6,8-9,12H2,1H3. The average molecular weight is 256 g/mol. The van der Waals surface area contributed by atoms with Crippen molar-refractivity contribution in [1.29, 1.82) is 0 Å². The summed E-state index contributed by atoms with van der Waals surface area (Å²) in [5.74, 6) is 1.64. The van der Waals surface area contributed by atoms with E-state index in [4.69, 9.17) is 0 Å². The van der Waals surface area contributed by atoms with Crippen molar-refractivity contribution in [3.05, 3.63) is 34.9 Å². The summed E-state index contributed by atoms with van der Waals surface area (Å²) in [6.45, 7) is 2.31. The smallest absolute Gasteiger partial charge is 0.140 e. The van der Waals surface area contributed by atoms with E-state index in [2.05, 4.69) is 25.1 Å². The third-order valence-electron chi connectivity index (χ3n) is 5.01. The van der Waals surface area contributed by atoms with Crippen LogP contribution in [-0.2, 0) is 24.1 Å². The lowest BCUT2D eigenvalue weighted by molar-refractivity contribution is -0.123. The molecule has 102 valence electrons. The molecule has 0 aromatic heterocycles. The SMILES string of the molecule is CC1CCC(C(=O)Cc2ccc3c(c2)CCC3)CC1. The summed E-state index contributed by atoms with van der Waals surface area (Å²) in [7, 11) is 0. The number of fused-ring (bicyclic) bond motifs is 1. The summed E-state index contributed by atoms with van der Waals surface area (Å²) in [6, 6.07) is 6.70. The zero-order valence-corrected chi connectivity index (χ0v) is 12.0. The van der Waals surface area contributed by atoms with Crippen molar-refractivity contribution in [2.75, 3.05) is 0 Å². The van der Waals surface area contributed by atoms with Gasteiger partial charge in [0, 0.05) is 12.3 Å². The second-order valence-corrected chi connectivity index (χ2v) is 6.56. The van der Waals surface area contributed by atoms with Gasteiger partial charge in [0.25, 0.3) is 0 Å². The summed E-state index contributed by atoms with van der Waals surface area (Å²) < 4.78 is 0. The molecule has 0 amide bonds. The molecule has 2 aliphatic rings. The van der Waals surface area contributed by atoms with E-state index in [9.17, 15) is 4.79 Å². The van der Waals surface area contributed by atoms with E-state index in [1.807, 2.05) is 0 Å². The second-order valence-electron chi connectivity index (χ2n) is 6.56. The van der Waals surface area contributed by atoms with E-state index in [0.29, 0.717) is 18.1 Å². The Morgan fingerprint density at radius 3 is 2.63 bits per heavy atom. The van der Waals surface area contributed by atoms with Gasteiger partial charge in [-0.1, -0.05) is 38.0 Å². The lowest BCUT2D eigenvalue weighted by Crippen LogP contribution is -2.22. The Labute approximate surface area is 116 Å². The van der Waals surface area contributed by atoms with Crippen LogP contribution in [0.15, 0.2) is 18.2 Å². The average Bonchev–Trinajstić information content (AvgIpc) is 2.87. The molecule has 1 saturated carbocycles. The summed E-state index contributed by atoms with van der Waals surface area (Å²) in [4.78, 5) is 12.4. The second kappa shape index (κ2) is 5.48. The van der Waals surface area contributed by atoms with Crippen LogP contribution in [0.4, 0.5) is 0 Å². The van der Waals surface area contributed by atoms with Gasteiger partial charge in [0.05, 0.1) is 0 Å². The quantitative estimate of drug-likeness (QED) is 0.795. The van der Waals surface area contributed by atoms with E-state index in [-0.39, 0.29) is 0 Å². The van der Waals surface area contributed by atoms with Gasteiger partial charge in [-0.15, -0.1) is 0 Å². The molecule has 0 spiro atoms. The van der Waals surface area contributed by atoms with Crippen LogP contribution < -0.4 is 0 Å². The Morgan fingerprint density at radius 1 is 1.11 bits per heavy atom. The zero-order valence-electron chi connectivity index (χ0n) is 12.0. The summed E-state index contributed by atoms with van der Waals surface area (Å²) in [5, 5.41) is 0. The molecule has 2 aliphatic carbocycles. The molecule has 0 saturated heterocycles. The van der Waals surface area contributed by atoms with Crippen LogP contribution in [0, 0.1) is 11.8 Å². The van der Waals surface area contributed by atoms with Crippen LogP contribution in [0.25, 0.3) is 0 Å². The minimum absolute atomic E-state index is 0.337. The third-order valence-corrected chi connectivity index (χ3v) is 5.01. The van der Waals surface area contributed by atoms with Crippen molar-refractivity contribution >= 4 is 5.78 Å². The van der Waals surface area contributed by atoms with Gasteiger partial charge in [0.2, 0.25) is 0 Å². The Bertz CT molecular complexity index is 467. The highest BCUT2D eigenvalue weighted by molar-refractivity contribution is 5.83. The van der Waals surface area contributed by atoms with E-state index in [1.54, 1.807) is 0 Å². The largest absolute Gasteiger partial charge is 0.299 e. The molecule has 1 aromatic carbocycles. The molecular formula is C18H24O. The molecule has 1 heteroatoms. The summed E-state index contributed by atoms with van der Waals surface area (Å²) >= 11 is 0. The van der Waals surface area contributed by atoms with E-state index >= 15 is 0 Å². The van der Waals surface area contributed by atoms with Gasteiger partial charge in [-0.3, -0.25) is 4.79 Å². The molecule has 0 heterocycles. The Balaban J connectivity index is 1.63. The fourth-order valence-corrected chi connectivity index (χ4v) is 3.66. The van der Waals surface area contributed by atoms with Gasteiger partial charge < -0.3 is 0 Å². The number of hydrogen-bond acceptors (Lipinski definition) is 1.